The van der Waals surface area contributed by atoms with Gasteiger partial charge < -0.3 is 0 Å². The molecule has 0 nitrogen and oxygen atoms in total. The van der Waals surface area contributed by atoms with Crippen LogP contribution in [0, 0.1) is 11.3 Å². The molecule has 0 aromatic rings. The molecular weight excluding hydrogens is 180 g/mol. The molecule has 0 spiro atoms. The van der Waals surface area contributed by atoms with Crippen molar-refractivity contribution in [3.63, 3.8) is 0 Å². The highest BCUT2D eigenvalue weighted by Gasteiger charge is 2.27. The van der Waals surface area contributed by atoms with Gasteiger partial charge in [0, 0.05) is 5.88 Å². The molecule has 0 rings (SSSR count). The van der Waals surface area contributed by atoms with E-state index in [0.29, 0.717) is 5.41 Å². The van der Waals surface area contributed by atoms with Gasteiger partial charge in [0.1, 0.15) is 0 Å². The van der Waals surface area contributed by atoms with Crippen molar-refractivity contribution in [2.45, 2.75) is 59.8 Å². The summed E-state index contributed by atoms with van der Waals surface area (Å²) >= 11 is 6.10. The van der Waals surface area contributed by atoms with Crippen LogP contribution in [0.25, 0.3) is 0 Å². The molecule has 0 saturated carbocycles. The number of hydrogen-bond donors (Lipinski definition) is 0. The molecule has 0 N–H and O–H groups in total. The Labute approximate surface area is 89.1 Å². The van der Waals surface area contributed by atoms with Gasteiger partial charge in [0.15, 0.2) is 0 Å². The predicted molar refractivity (Wildman–Crippen MR) is 62.4 cm³/mol. The number of hydrogen-bond acceptors (Lipinski definition) is 0. The zero-order valence-corrected chi connectivity index (χ0v) is 10.5. The number of alkyl halides is 1. The van der Waals surface area contributed by atoms with Crippen molar-refractivity contribution >= 4 is 11.6 Å². The van der Waals surface area contributed by atoms with Crippen molar-refractivity contribution in [3.05, 3.63) is 0 Å². The Morgan fingerprint density at radius 1 is 1.23 bits per heavy atom. The van der Waals surface area contributed by atoms with Gasteiger partial charge in [-0.1, -0.05) is 40.5 Å². The normalized spacial score (nSPS) is 16.2. The highest BCUT2D eigenvalue weighted by Crippen LogP contribution is 2.36. The van der Waals surface area contributed by atoms with E-state index in [2.05, 4.69) is 27.7 Å². The lowest BCUT2D eigenvalue weighted by atomic mass is 9.76. The Hall–Kier alpha value is 0.290. The van der Waals surface area contributed by atoms with Crippen molar-refractivity contribution in [1.29, 1.82) is 0 Å². The largest absolute Gasteiger partial charge is 0.126 e. The molecule has 0 aliphatic heterocycles. The molecule has 1 heteroatoms. The lowest BCUT2D eigenvalue weighted by Gasteiger charge is -2.32. The summed E-state index contributed by atoms with van der Waals surface area (Å²) in [6, 6.07) is 0. The Morgan fingerprint density at radius 2 is 1.85 bits per heavy atom. The average molecular weight is 205 g/mol. The Bertz CT molecular complexity index is 114. The second kappa shape index (κ2) is 6.70. The van der Waals surface area contributed by atoms with E-state index in [0.717, 1.165) is 11.8 Å². The molecule has 0 heterocycles. The Morgan fingerprint density at radius 3 is 2.15 bits per heavy atom. The molecule has 80 valence electrons. The van der Waals surface area contributed by atoms with Crippen LogP contribution in [-0.2, 0) is 0 Å². The van der Waals surface area contributed by atoms with E-state index in [1.807, 2.05) is 0 Å². The van der Waals surface area contributed by atoms with Gasteiger partial charge in [0.05, 0.1) is 0 Å². The van der Waals surface area contributed by atoms with E-state index >= 15 is 0 Å². The molecule has 0 aliphatic rings. The van der Waals surface area contributed by atoms with Crippen molar-refractivity contribution < 1.29 is 0 Å². The van der Waals surface area contributed by atoms with E-state index in [-0.39, 0.29) is 0 Å². The summed E-state index contributed by atoms with van der Waals surface area (Å²) in [4.78, 5) is 0. The minimum Gasteiger partial charge on any atom is -0.126 e. The molecule has 1 atom stereocenters. The van der Waals surface area contributed by atoms with Gasteiger partial charge in [-0.3, -0.25) is 0 Å². The van der Waals surface area contributed by atoms with E-state index < -0.39 is 0 Å². The standard InChI is InChI=1S/C12H25Cl/c1-5-7-8-12(6-2,10-13)9-11(3)4/h11H,5-10H2,1-4H3. The van der Waals surface area contributed by atoms with Crippen LogP contribution in [0.1, 0.15) is 59.8 Å². The third-order valence-electron chi connectivity index (χ3n) is 2.94. The van der Waals surface area contributed by atoms with Crippen molar-refractivity contribution in [3.8, 4) is 0 Å². The second-order valence-electron chi connectivity index (χ2n) is 4.69. The first kappa shape index (κ1) is 13.3. The molecule has 0 aliphatic carbocycles. The molecule has 0 radical (unpaired) electrons. The molecule has 0 aromatic heterocycles. The predicted octanol–water partition coefficient (Wildman–Crippen LogP) is 4.86. The smallest absolute Gasteiger partial charge is 0.0279 e. The fourth-order valence-corrected chi connectivity index (χ4v) is 2.49. The fourth-order valence-electron chi connectivity index (χ4n) is 2.06. The lowest BCUT2D eigenvalue weighted by Crippen LogP contribution is -2.24. The summed E-state index contributed by atoms with van der Waals surface area (Å²) in [5, 5.41) is 0. The van der Waals surface area contributed by atoms with Gasteiger partial charge >= 0.3 is 0 Å². The van der Waals surface area contributed by atoms with Crippen LogP contribution in [0.2, 0.25) is 0 Å². The summed E-state index contributed by atoms with van der Waals surface area (Å²) in [6.45, 7) is 9.12. The van der Waals surface area contributed by atoms with Gasteiger partial charge in [-0.05, 0) is 30.6 Å². The number of unbranched alkanes of at least 4 members (excludes halogenated alkanes) is 1. The first-order valence-electron chi connectivity index (χ1n) is 5.66. The van der Waals surface area contributed by atoms with Gasteiger partial charge in [0.2, 0.25) is 0 Å². The summed E-state index contributed by atoms with van der Waals surface area (Å²) in [5.41, 5.74) is 0.422. The van der Waals surface area contributed by atoms with Crippen LogP contribution in [-0.4, -0.2) is 5.88 Å². The average Bonchev–Trinajstić information content (AvgIpc) is 2.12. The van der Waals surface area contributed by atoms with Gasteiger partial charge in [-0.25, -0.2) is 0 Å². The van der Waals surface area contributed by atoms with Gasteiger partial charge in [-0.2, -0.15) is 0 Å². The van der Waals surface area contributed by atoms with Gasteiger partial charge in [-0.15, -0.1) is 11.6 Å². The molecule has 0 amide bonds. The highest BCUT2D eigenvalue weighted by molar-refractivity contribution is 6.18. The maximum Gasteiger partial charge on any atom is 0.0279 e. The van der Waals surface area contributed by atoms with Crippen molar-refractivity contribution in [1.82, 2.24) is 0 Å². The number of rotatable bonds is 7. The first-order chi connectivity index (χ1) is 6.10. The Kier molecular flexibility index (Phi) is 6.85. The van der Waals surface area contributed by atoms with E-state index in [4.69, 9.17) is 11.6 Å². The zero-order chi connectivity index (χ0) is 10.3. The summed E-state index contributed by atoms with van der Waals surface area (Å²) in [5.74, 6) is 1.61. The monoisotopic (exact) mass is 204 g/mol. The van der Waals surface area contributed by atoms with Crippen LogP contribution in [0.4, 0.5) is 0 Å². The molecule has 0 saturated heterocycles. The molecule has 0 bridgehead atoms. The molecule has 0 aromatic carbocycles. The minimum atomic E-state index is 0.422. The summed E-state index contributed by atoms with van der Waals surface area (Å²) in [6.07, 6.45) is 6.44. The third-order valence-corrected chi connectivity index (χ3v) is 3.50. The van der Waals surface area contributed by atoms with E-state index in [1.54, 1.807) is 0 Å². The Balaban J connectivity index is 4.13. The SMILES string of the molecule is CCCCC(CC)(CCl)CC(C)C. The molecule has 13 heavy (non-hydrogen) atoms. The van der Waals surface area contributed by atoms with Crippen LogP contribution in [0.15, 0.2) is 0 Å². The van der Waals surface area contributed by atoms with Gasteiger partial charge in [0.25, 0.3) is 0 Å². The van der Waals surface area contributed by atoms with Crippen LogP contribution in [0.5, 0.6) is 0 Å². The van der Waals surface area contributed by atoms with Crippen LogP contribution >= 0.6 is 11.6 Å². The van der Waals surface area contributed by atoms with E-state index in [1.165, 1.54) is 32.1 Å². The van der Waals surface area contributed by atoms with Crippen molar-refractivity contribution in [2.75, 3.05) is 5.88 Å². The highest BCUT2D eigenvalue weighted by atomic mass is 35.5. The maximum absolute atomic E-state index is 6.10. The first-order valence-corrected chi connectivity index (χ1v) is 6.19. The third kappa shape index (κ3) is 4.90. The molecule has 1 unspecified atom stereocenters. The minimum absolute atomic E-state index is 0.422. The second-order valence-corrected chi connectivity index (χ2v) is 4.96. The quantitative estimate of drug-likeness (QED) is 0.520. The topological polar surface area (TPSA) is 0 Å². The zero-order valence-electron chi connectivity index (χ0n) is 9.70. The fraction of sp³-hybridized carbons (Fsp3) is 1.00. The van der Waals surface area contributed by atoms with Crippen LogP contribution < -0.4 is 0 Å². The summed E-state index contributed by atoms with van der Waals surface area (Å²) < 4.78 is 0. The lowest BCUT2D eigenvalue weighted by molar-refractivity contribution is 0.225. The molecular formula is C12H25Cl. The van der Waals surface area contributed by atoms with Crippen molar-refractivity contribution in [2.24, 2.45) is 11.3 Å². The molecule has 0 fully saturated rings. The maximum atomic E-state index is 6.10. The van der Waals surface area contributed by atoms with Crippen LogP contribution in [0.3, 0.4) is 0 Å². The van der Waals surface area contributed by atoms with E-state index in [9.17, 15) is 0 Å². The number of halogens is 1. The summed E-state index contributed by atoms with van der Waals surface area (Å²) in [7, 11) is 0.